The molecule has 3 aromatic rings. The van der Waals surface area contributed by atoms with Crippen LogP contribution in [0.15, 0.2) is 51.7 Å². The number of benzene rings is 2. The van der Waals surface area contributed by atoms with Gasteiger partial charge < -0.3 is 44.2 Å². The number of hydrogen-bond acceptors (Lipinski definition) is 10. The van der Waals surface area contributed by atoms with Gasteiger partial charge in [-0.15, -0.1) is 0 Å². The zero-order chi connectivity index (χ0) is 23.0. The van der Waals surface area contributed by atoms with Gasteiger partial charge in [-0.3, -0.25) is 4.79 Å². The summed E-state index contributed by atoms with van der Waals surface area (Å²) in [4.78, 5) is 12.7. The van der Waals surface area contributed by atoms with E-state index in [9.17, 15) is 30.3 Å². The first-order valence-corrected chi connectivity index (χ1v) is 9.76. The fourth-order valence-electron chi connectivity index (χ4n) is 3.58. The molecule has 0 radical (unpaired) electrons. The van der Waals surface area contributed by atoms with Gasteiger partial charge in [-0.25, -0.2) is 0 Å². The van der Waals surface area contributed by atoms with Crippen molar-refractivity contribution in [2.45, 2.75) is 30.7 Å². The summed E-state index contributed by atoms with van der Waals surface area (Å²) in [6.45, 7) is -0.639. The topological polar surface area (TPSA) is 159 Å². The second-order valence-corrected chi connectivity index (χ2v) is 7.29. The minimum Gasteiger partial charge on any atom is -0.504 e. The molecule has 2 aromatic carbocycles. The van der Waals surface area contributed by atoms with Crippen molar-refractivity contribution in [3.63, 3.8) is 0 Å². The lowest BCUT2D eigenvalue weighted by Crippen LogP contribution is -2.60. The molecule has 10 heteroatoms. The smallest absolute Gasteiger partial charge is 0.229 e. The van der Waals surface area contributed by atoms with Crippen LogP contribution in [0.3, 0.4) is 0 Å². The predicted octanol–water partition coefficient (Wildman–Crippen LogP) is 0.353. The van der Waals surface area contributed by atoms with Crippen molar-refractivity contribution in [1.82, 2.24) is 0 Å². The third-order valence-corrected chi connectivity index (χ3v) is 5.27. The number of methoxy groups -OCH3 is 1. The van der Waals surface area contributed by atoms with Gasteiger partial charge in [0, 0.05) is 17.7 Å². The molecule has 32 heavy (non-hydrogen) atoms. The van der Waals surface area contributed by atoms with Crippen molar-refractivity contribution in [3.05, 3.63) is 52.7 Å². The molecular formula is C22H22O10. The molecule has 1 aromatic heterocycles. The van der Waals surface area contributed by atoms with E-state index in [1.54, 1.807) is 24.3 Å². The zero-order valence-corrected chi connectivity index (χ0v) is 16.9. The fourth-order valence-corrected chi connectivity index (χ4v) is 3.58. The van der Waals surface area contributed by atoms with Gasteiger partial charge in [0.25, 0.3) is 0 Å². The molecule has 2 heterocycles. The first kappa shape index (κ1) is 22.1. The van der Waals surface area contributed by atoms with Crippen molar-refractivity contribution in [3.8, 4) is 28.6 Å². The Bertz CT molecular complexity index is 1160. The van der Waals surface area contributed by atoms with Gasteiger partial charge in [0.1, 0.15) is 41.1 Å². The summed E-state index contributed by atoms with van der Waals surface area (Å²) < 4.78 is 22.0. The Labute approximate surface area is 181 Å². The van der Waals surface area contributed by atoms with E-state index in [1.807, 2.05) is 6.07 Å². The van der Waals surface area contributed by atoms with E-state index in [0.717, 1.165) is 0 Å². The van der Waals surface area contributed by atoms with Crippen molar-refractivity contribution < 1.29 is 44.2 Å². The Morgan fingerprint density at radius 3 is 2.41 bits per heavy atom. The molecule has 0 amide bonds. The second kappa shape index (κ2) is 8.77. The minimum atomic E-state index is -1.68. The van der Waals surface area contributed by atoms with Crippen molar-refractivity contribution in [2.24, 2.45) is 0 Å². The average molecular weight is 446 g/mol. The minimum absolute atomic E-state index is 0.0192. The Morgan fingerprint density at radius 2 is 1.75 bits per heavy atom. The highest BCUT2D eigenvalue weighted by Crippen LogP contribution is 2.43. The maximum absolute atomic E-state index is 12.7. The molecule has 4 rings (SSSR count). The van der Waals surface area contributed by atoms with Gasteiger partial charge in [0.15, 0.2) is 16.9 Å². The van der Waals surface area contributed by atoms with Crippen LogP contribution in [-0.2, 0) is 4.74 Å². The first-order valence-electron chi connectivity index (χ1n) is 9.76. The van der Waals surface area contributed by atoms with E-state index < -0.39 is 48.5 Å². The van der Waals surface area contributed by atoms with E-state index in [1.165, 1.54) is 19.2 Å². The van der Waals surface area contributed by atoms with Crippen molar-refractivity contribution >= 4 is 11.0 Å². The van der Waals surface area contributed by atoms with Gasteiger partial charge in [-0.05, 0) is 0 Å². The quantitative estimate of drug-likeness (QED) is 0.370. The second-order valence-electron chi connectivity index (χ2n) is 7.29. The Morgan fingerprint density at radius 1 is 1.03 bits per heavy atom. The summed E-state index contributed by atoms with van der Waals surface area (Å²) in [5.41, 5.74) is 0.104. The monoisotopic (exact) mass is 446 g/mol. The van der Waals surface area contributed by atoms with Crippen molar-refractivity contribution in [1.29, 1.82) is 0 Å². The van der Waals surface area contributed by atoms with Gasteiger partial charge in [0.2, 0.25) is 12.0 Å². The molecule has 170 valence electrons. The van der Waals surface area contributed by atoms with Crippen LogP contribution in [0.4, 0.5) is 0 Å². The Hall–Kier alpha value is -3.15. The van der Waals surface area contributed by atoms with Crippen LogP contribution in [0.2, 0.25) is 0 Å². The lowest BCUT2D eigenvalue weighted by molar-refractivity contribution is -0.277. The SMILES string of the molecule is COc1c(O[C@@H]2OC(CO)C(O)C(O)C2O)cc2oc(-c3ccccc3)cc(=O)c2c1O. The molecule has 5 N–H and O–H groups in total. The predicted molar refractivity (Wildman–Crippen MR) is 111 cm³/mol. The standard InChI is InChI=1S/C22H22O10/c1-29-21-14(31-22-20(28)19(27)17(25)15(9-23)32-22)8-13-16(18(21)26)11(24)7-12(30-13)10-5-3-2-4-6-10/h2-8,15,17,19-20,22-23,25-28H,9H2,1H3/t15?,17?,19?,20?,22-/m1/s1. The molecule has 5 atom stereocenters. The molecular weight excluding hydrogens is 424 g/mol. The fraction of sp³-hybridized carbons (Fsp3) is 0.318. The summed E-state index contributed by atoms with van der Waals surface area (Å²) in [5, 5.41) is 50.0. The number of aliphatic hydroxyl groups excluding tert-OH is 4. The number of phenolic OH excluding ortho intramolecular Hbond substituents is 1. The van der Waals surface area contributed by atoms with Gasteiger partial charge in [-0.2, -0.15) is 0 Å². The van der Waals surface area contributed by atoms with Crippen LogP contribution in [0.25, 0.3) is 22.3 Å². The van der Waals surface area contributed by atoms with Gasteiger partial charge in [0.05, 0.1) is 13.7 Å². The number of phenols is 1. The summed E-state index contributed by atoms with van der Waals surface area (Å²) in [5.74, 6) is -0.672. The molecule has 1 saturated heterocycles. The van der Waals surface area contributed by atoms with Crippen LogP contribution in [0.1, 0.15) is 0 Å². The van der Waals surface area contributed by atoms with Crippen LogP contribution < -0.4 is 14.9 Å². The number of aromatic hydroxyl groups is 1. The van der Waals surface area contributed by atoms with E-state index in [2.05, 4.69) is 0 Å². The molecule has 0 spiro atoms. The van der Waals surface area contributed by atoms with Crippen LogP contribution in [0.5, 0.6) is 17.2 Å². The molecule has 4 unspecified atom stereocenters. The van der Waals surface area contributed by atoms with E-state index >= 15 is 0 Å². The molecule has 0 aliphatic carbocycles. The molecule has 1 fully saturated rings. The van der Waals surface area contributed by atoms with E-state index in [0.29, 0.717) is 5.56 Å². The maximum atomic E-state index is 12.7. The number of aliphatic hydroxyl groups is 4. The third-order valence-electron chi connectivity index (χ3n) is 5.27. The third kappa shape index (κ3) is 3.78. The highest BCUT2D eigenvalue weighted by Gasteiger charge is 2.45. The summed E-state index contributed by atoms with van der Waals surface area (Å²) >= 11 is 0. The van der Waals surface area contributed by atoms with Crippen molar-refractivity contribution in [2.75, 3.05) is 13.7 Å². The number of rotatable bonds is 5. The maximum Gasteiger partial charge on any atom is 0.229 e. The molecule has 1 aliphatic heterocycles. The highest BCUT2D eigenvalue weighted by atomic mass is 16.7. The van der Waals surface area contributed by atoms with Crippen LogP contribution in [-0.4, -0.2) is 70.0 Å². The highest BCUT2D eigenvalue weighted by molar-refractivity contribution is 5.89. The molecule has 10 nitrogen and oxygen atoms in total. The zero-order valence-electron chi connectivity index (χ0n) is 16.9. The number of fused-ring (bicyclic) bond motifs is 1. The number of hydrogen-bond donors (Lipinski definition) is 5. The molecule has 0 saturated carbocycles. The lowest BCUT2D eigenvalue weighted by atomic mass is 9.99. The van der Waals surface area contributed by atoms with Crippen LogP contribution in [0, 0.1) is 0 Å². The number of ether oxygens (including phenoxy) is 3. The Kier molecular flexibility index (Phi) is 6.04. The van der Waals surface area contributed by atoms with Gasteiger partial charge >= 0.3 is 0 Å². The first-order chi connectivity index (χ1) is 15.3. The van der Waals surface area contributed by atoms with E-state index in [4.69, 9.17) is 18.6 Å². The van der Waals surface area contributed by atoms with Gasteiger partial charge in [-0.1, -0.05) is 30.3 Å². The summed E-state index contributed by atoms with van der Waals surface area (Å²) in [7, 11) is 1.24. The Balaban J connectivity index is 1.79. The van der Waals surface area contributed by atoms with E-state index in [-0.39, 0.29) is 28.2 Å². The molecule has 1 aliphatic rings. The van der Waals surface area contributed by atoms with Crippen LogP contribution >= 0.6 is 0 Å². The summed E-state index contributed by atoms with van der Waals surface area (Å²) in [6.07, 6.45) is -7.62. The average Bonchev–Trinajstić information content (AvgIpc) is 2.79. The normalized spacial score (nSPS) is 25.6. The largest absolute Gasteiger partial charge is 0.504 e. The molecule has 0 bridgehead atoms. The summed E-state index contributed by atoms with van der Waals surface area (Å²) in [6, 6.07) is 11.4. The lowest BCUT2D eigenvalue weighted by Gasteiger charge is -2.39.